The summed E-state index contributed by atoms with van der Waals surface area (Å²) in [5.74, 6) is -0.0919. The van der Waals surface area contributed by atoms with Gasteiger partial charge in [0.15, 0.2) is 5.96 Å². The predicted octanol–water partition coefficient (Wildman–Crippen LogP) is 3.23. The Balaban J connectivity index is 0.00000364. The molecule has 0 atom stereocenters. The molecule has 0 amide bonds. The Morgan fingerprint density at radius 1 is 1.19 bits per heavy atom. The van der Waals surface area contributed by atoms with Crippen LogP contribution in [0, 0.1) is 19.7 Å². The number of nitrogens with one attached hydrogen (secondary N) is 3. The monoisotopic (exact) mass is 526 g/mol. The van der Waals surface area contributed by atoms with E-state index in [0.29, 0.717) is 18.1 Å². The maximum absolute atomic E-state index is 13.5. The van der Waals surface area contributed by atoms with Crippen molar-refractivity contribution in [3.05, 3.63) is 51.5 Å². The molecule has 10 heteroatoms. The fraction of sp³-hybridized carbons (Fsp3) is 0.353. The Bertz CT molecular complexity index is 885. The molecule has 1 aromatic heterocycles. The van der Waals surface area contributed by atoms with E-state index in [0.717, 1.165) is 0 Å². The summed E-state index contributed by atoms with van der Waals surface area (Å²) in [7, 11) is -1.97. The van der Waals surface area contributed by atoms with E-state index in [1.54, 1.807) is 25.3 Å². The van der Waals surface area contributed by atoms with Crippen LogP contribution >= 0.6 is 35.3 Å². The summed E-state index contributed by atoms with van der Waals surface area (Å²) in [6.07, 6.45) is 0. The molecule has 0 saturated heterocycles. The van der Waals surface area contributed by atoms with E-state index in [-0.39, 0.29) is 42.0 Å². The molecule has 2 rings (SSSR count). The lowest BCUT2D eigenvalue weighted by molar-refractivity contribution is 0.599. The summed E-state index contributed by atoms with van der Waals surface area (Å²) in [4.78, 5) is 6.47. The molecule has 1 heterocycles. The van der Waals surface area contributed by atoms with Crippen molar-refractivity contribution in [2.75, 3.05) is 24.1 Å². The molecule has 6 nitrogen and oxygen atoms in total. The third-order valence-corrected chi connectivity index (χ3v) is 5.85. The van der Waals surface area contributed by atoms with Crippen molar-refractivity contribution in [3.63, 3.8) is 0 Å². The first kappa shape index (κ1) is 23.6. The van der Waals surface area contributed by atoms with Crippen LogP contribution in [0.15, 0.2) is 35.3 Å². The zero-order chi connectivity index (χ0) is 19.2. The summed E-state index contributed by atoms with van der Waals surface area (Å²) in [5.41, 5.74) is 0.675. The van der Waals surface area contributed by atoms with Crippen LogP contribution in [0.3, 0.4) is 0 Å². The average Bonchev–Trinajstić information content (AvgIpc) is 2.99. The first-order valence-corrected chi connectivity index (χ1v) is 10.5. The van der Waals surface area contributed by atoms with Crippen molar-refractivity contribution in [2.24, 2.45) is 4.99 Å². The van der Waals surface area contributed by atoms with Crippen LogP contribution in [0.25, 0.3) is 0 Å². The molecule has 0 unspecified atom stereocenters. The van der Waals surface area contributed by atoms with E-state index in [9.17, 15) is 12.8 Å². The second-order valence-corrected chi connectivity index (χ2v) is 8.96. The number of halogens is 2. The Labute approximate surface area is 180 Å². The number of aryl methyl sites for hydroxylation is 2. The van der Waals surface area contributed by atoms with Crippen LogP contribution in [0.1, 0.15) is 15.3 Å². The largest absolute Gasteiger partial charge is 0.355 e. The van der Waals surface area contributed by atoms with Gasteiger partial charge in [-0.25, -0.2) is 12.8 Å². The second kappa shape index (κ2) is 10.8. The highest BCUT2D eigenvalue weighted by Crippen LogP contribution is 2.15. The van der Waals surface area contributed by atoms with E-state index >= 15 is 0 Å². The molecule has 1 aromatic carbocycles. The molecule has 0 fully saturated rings. The number of benzene rings is 1. The van der Waals surface area contributed by atoms with Gasteiger partial charge in [0.05, 0.1) is 18.0 Å². The van der Waals surface area contributed by atoms with E-state index in [2.05, 4.69) is 20.3 Å². The molecule has 0 aliphatic carbocycles. The topological polar surface area (TPSA) is 82.6 Å². The fourth-order valence-electron chi connectivity index (χ4n) is 2.16. The molecule has 0 bridgehead atoms. The Hall–Kier alpha value is -1.40. The Morgan fingerprint density at radius 3 is 2.52 bits per heavy atom. The van der Waals surface area contributed by atoms with Crippen LogP contribution in [0.2, 0.25) is 0 Å². The molecule has 2 aromatic rings. The van der Waals surface area contributed by atoms with Crippen LogP contribution < -0.4 is 15.4 Å². The number of rotatable bonds is 7. The van der Waals surface area contributed by atoms with Crippen LogP contribution in [0.4, 0.5) is 10.1 Å². The zero-order valence-electron chi connectivity index (χ0n) is 15.4. The van der Waals surface area contributed by atoms with Gasteiger partial charge in [0.25, 0.3) is 0 Å². The number of aliphatic imine (C=N–C) groups is 1. The fourth-order valence-corrected chi connectivity index (χ4v) is 3.95. The first-order chi connectivity index (χ1) is 12.3. The normalized spacial score (nSPS) is 11.6. The number of nitrogens with zero attached hydrogens (tertiary/aromatic N) is 1. The maximum Gasteiger partial charge on any atom is 0.234 e. The van der Waals surface area contributed by atoms with Gasteiger partial charge < -0.3 is 10.6 Å². The molecule has 3 N–H and O–H groups in total. The van der Waals surface area contributed by atoms with Gasteiger partial charge in [-0.3, -0.25) is 9.71 Å². The minimum atomic E-state index is -3.59. The number of thiophene rings is 1. The summed E-state index contributed by atoms with van der Waals surface area (Å²) in [6, 6.07) is 8.32. The van der Waals surface area contributed by atoms with Crippen LogP contribution in [-0.2, 0) is 16.6 Å². The molecule has 0 saturated carbocycles. The quantitative estimate of drug-likeness (QED) is 0.294. The molecular weight excluding hydrogens is 502 g/mol. The molecule has 0 aliphatic rings. The van der Waals surface area contributed by atoms with Crippen LogP contribution in [0.5, 0.6) is 0 Å². The molecule has 27 heavy (non-hydrogen) atoms. The smallest absolute Gasteiger partial charge is 0.234 e. The molecule has 0 aliphatic heterocycles. The van der Waals surface area contributed by atoms with Crippen molar-refractivity contribution < 1.29 is 12.8 Å². The Kier molecular flexibility index (Phi) is 9.47. The van der Waals surface area contributed by atoms with Crippen molar-refractivity contribution in [2.45, 2.75) is 20.4 Å². The van der Waals surface area contributed by atoms with Gasteiger partial charge in [0, 0.05) is 23.3 Å². The highest BCUT2D eigenvalue weighted by atomic mass is 127. The summed E-state index contributed by atoms with van der Waals surface area (Å²) in [5, 5.41) is 6.09. The SMILES string of the molecule is CN=C(NCCS(=O)(=O)Nc1ccc(C)c(F)c1)NCc1ccc(C)s1.I. The van der Waals surface area contributed by atoms with E-state index in [1.807, 2.05) is 19.1 Å². The third kappa shape index (κ3) is 8.01. The predicted molar refractivity (Wildman–Crippen MR) is 121 cm³/mol. The minimum Gasteiger partial charge on any atom is -0.355 e. The van der Waals surface area contributed by atoms with Gasteiger partial charge in [-0.1, -0.05) is 6.07 Å². The third-order valence-electron chi connectivity index (χ3n) is 3.56. The molecule has 0 radical (unpaired) electrons. The number of anilines is 1. The molecule has 150 valence electrons. The standard InChI is InChI=1S/C17H23FN4O2S2.HI/c1-12-4-6-14(10-16(12)18)22-26(23,24)9-8-20-17(19-3)21-11-15-7-5-13(2)25-15;/h4-7,10,22H,8-9,11H2,1-3H3,(H2,19,20,21);1H. The lowest BCUT2D eigenvalue weighted by atomic mass is 10.2. The lowest BCUT2D eigenvalue weighted by Gasteiger charge is -2.12. The average molecular weight is 526 g/mol. The van der Waals surface area contributed by atoms with Gasteiger partial charge >= 0.3 is 0 Å². The number of guanidine groups is 1. The lowest BCUT2D eigenvalue weighted by Crippen LogP contribution is -2.39. The van der Waals surface area contributed by atoms with Gasteiger partial charge in [0.1, 0.15) is 5.82 Å². The van der Waals surface area contributed by atoms with Crippen molar-refractivity contribution in [3.8, 4) is 0 Å². The first-order valence-electron chi connectivity index (χ1n) is 8.05. The van der Waals surface area contributed by atoms with Crippen molar-refractivity contribution in [1.82, 2.24) is 10.6 Å². The molecular formula is C17H24FIN4O2S2. The zero-order valence-corrected chi connectivity index (χ0v) is 19.3. The van der Waals surface area contributed by atoms with Gasteiger partial charge in [0.2, 0.25) is 10.0 Å². The highest BCUT2D eigenvalue weighted by molar-refractivity contribution is 14.0. The summed E-state index contributed by atoms with van der Waals surface area (Å²) in [6.45, 7) is 4.45. The summed E-state index contributed by atoms with van der Waals surface area (Å²) < 4.78 is 40.1. The number of sulfonamides is 1. The van der Waals surface area contributed by atoms with E-state index < -0.39 is 15.8 Å². The number of hydrogen-bond acceptors (Lipinski definition) is 4. The van der Waals surface area contributed by atoms with Gasteiger partial charge in [-0.15, -0.1) is 35.3 Å². The second-order valence-electron chi connectivity index (χ2n) is 5.75. The number of hydrogen-bond donors (Lipinski definition) is 3. The van der Waals surface area contributed by atoms with Gasteiger partial charge in [-0.2, -0.15) is 0 Å². The molecule has 0 spiro atoms. The van der Waals surface area contributed by atoms with Crippen molar-refractivity contribution in [1.29, 1.82) is 0 Å². The maximum atomic E-state index is 13.5. The highest BCUT2D eigenvalue weighted by Gasteiger charge is 2.12. The van der Waals surface area contributed by atoms with Gasteiger partial charge in [-0.05, 0) is 43.7 Å². The minimum absolute atomic E-state index is 0. The van der Waals surface area contributed by atoms with E-state index in [1.165, 1.54) is 28.0 Å². The van der Waals surface area contributed by atoms with E-state index in [4.69, 9.17) is 0 Å². The van der Waals surface area contributed by atoms with Crippen LogP contribution in [-0.4, -0.2) is 33.7 Å². The summed E-state index contributed by atoms with van der Waals surface area (Å²) >= 11 is 1.69. The van der Waals surface area contributed by atoms with Crippen molar-refractivity contribution >= 4 is 57.0 Å². The Morgan fingerprint density at radius 2 is 1.93 bits per heavy atom.